The van der Waals surface area contributed by atoms with E-state index in [0.29, 0.717) is 11.5 Å². The number of rotatable bonds is 5. The fraction of sp³-hybridized carbons (Fsp3) is 0.111. The molecule has 4 rings (SSSR count). The van der Waals surface area contributed by atoms with Crippen LogP contribution in [-0.2, 0) is 0 Å². The Morgan fingerprint density at radius 2 is 1.00 bits per heavy atom. The van der Waals surface area contributed by atoms with Gasteiger partial charge in [0.2, 0.25) is 0 Å². The van der Waals surface area contributed by atoms with Crippen LogP contribution >= 0.6 is 0 Å². The largest absolute Gasteiger partial charge is 0.508 e. The van der Waals surface area contributed by atoms with Gasteiger partial charge in [-0.25, -0.2) is 0 Å². The van der Waals surface area contributed by atoms with E-state index < -0.39 is 0 Å². The van der Waals surface area contributed by atoms with Gasteiger partial charge in [-0.2, -0.15) is 0 Å². The third-order valence-corrected chi connectivity index (χ3v) is 5.39. The first kappa shape index (κ1) is 21.1. The highest BCUT2D eigenvalue weighted by Crippen LogP contribution is 2.40. The molecule has 5 heteroatoms. The van der Waals surface area contributed by atoms with Gasteiger partial charge in [0.1, 0.15) is 28.7 Å². The van der Waals surface area contributed by atoms with Crippen LogP contribution in [0.2, 0.25) is 0 Å². The normalized spacial score (nSPS) is 10.7. The van der Waals surface area contributed by atoms with E-state index in [0.717, 1.165) is 33.8 Å². The fourth-order valence-electron chi connectivity index (χ4n) is 3.40. The zero-order chi connectivity index (χ0) is 22.8. The Morgan fingerprint density at radius 3 is 1.53 bits per heavy atom. The molecule has 0 heterocycles. The third-order valence-electron chi connectivity index (χ3n) is 5.39. The number of aryl methyl sites for hydroxylation is 3. The Labute approximate surface area is 187 Å². The smallest absolute Gasteiger partial charge is 0.131 e. The van der Waals surface area contributed by atoms with E-state index >= 15 is 0 Å². The van der Waals surface area contributed by atoms with Gasteiger partial charge in [0.05, 0.1) is 0 Å². The van der Waals surface area contributed by atoms with Gasteiger partial charge in [0.25, 0.3) is 0 Å². The van der Waals surface area contributed by atoms with Crippen molar-refractivity contribution in [3.05, 3.63) is 95.6 Å². The molecule has 0 aliphatic rings. The molecule has 0 aliphatic heterocycles. The standard InChI is InChI=1S/C27H25NO4/c1-17-7-10-21(14-25(17)29)28(22-11-8-18(2)26(30)15-22)20-5-4-6-23(13-20)32-24-12-9-19(3)27(31)16-24/h4-16,29-31H,1-3H3. The summed E-state index contributed by atoms with van der Waals surface area (Å²) >= 11 is 0. The van der Waals surface area contributed by atoms with Crippen molar-refractivity contribution in [2.45, 2.75) is 20.8 Å². The maximum absolute atomic E-state index is 10.3. The third kappa shape index (κ3) is 4.32. The second-order valence-electron chi connectivity index (χ2n) is 7.82. The molecule has 4 aromatic rings. The van der Waals surface area contributed by atoms with Crippen molar-refractivity contribution >= 4 is 17.1 Å². The molecule has 0 radical (unpaired) electrons. The van der Waals surface area contributed by atoms with Crippen LogP contribution in [0.5, 0.6) is 28.7 Å². The van der Waals surface area contributed by atoms with Crippen LogP contribution in [0.4, 0.5) is 17.1 Å². The topological polar surface area (TPSA) is 73.2 Å². The van der Waals surface area contributed by atoms with E-state index in [1.807, 2.05) is 74.2 Å². The van der Waals surface area contributed by atoms with Gasteiger partial charge >= 0.3 is 0 Å². The van der Waals surface area contributed by atoms with Crippen molar-refractivity contribution < 1.29 is 20.1 Å². The molecule has 0 saturated carbocycles. The molecule has 0 saturated heterocycles. The van der Waals surface area contributed by atoms with Gasteiger partial charge in [-0.15, -0.1) is 0 Å². The average Bonchev–Trinajstić information content (AvgIpc) is 2.76. The Morgan fingerprint density at radius 1 is 0.531 bits per heavy atom. The summed E-state index contributed by atoms with van der Waals surface area (Å²) < 4.78 is 5.98. The molecular weight excluding hydrogens is 402 g/mol. The summed E-state index contributed by atoms with van der Waals surface area (Å²) in [5.74, 6) is 1.66. The minimum absolute atomic E-state index is 0.172. The molecule has 32 heavy (non-hydrogen) atoms. The highest BCUT2D eigenvalue weighted by molar-refractivity contribution is 5.79. The molecule has 3 N–H and O–H groups in total. The molecular formula is C27H25NO4. The van der Waals surface area contributed by atoms with Gasteiger partial charge in [-0.05, 0) is 67.8 Å². The lowest BCUT2D eigenvalue weighted by atomic mass is 10.1. The predicted octanol–water partition coefficient (Wildman–Crippen LogP) is 6.99. The quantitative estimate of drug-likeness (QED) is 0.320. The van der Waals surface area contributed by atoms with Crippen molar-refractivity contribution in [1.29, 1.82) is 0 Å². The van der Waals surface area contributed by atoms with Gasteiger partial charge in [0, 0.05) is 41.3 Å². The summed E-state index contributed by atoms with van der Waals surface area (Å²) in [6.07, 6.45) is 0. The van der Waals surface area contributed by atoms with E-state index in [1.165, 1.54) is 0 Å². The minimum atomic E-state index is 0.172. The Hall–Kier alpha value is -4.12. The van der Waals surface area contributed by atoms with Crippen LogP contribution in [0.25, 0.3) is 0 Å². The van der Waals surface area contributed by atoms with E-state index in [4.69, 9.17) is 4.74 Å². The van der Waals surface area contributed by atoms with Crippen molar-refractivity contribution in [3.63, 3.8) is 0 Å². The number of hydrogen-bond donors (Lipinski definition) is 3. The summed E-state index contributed by atoms with van der Waals surface area (Å²) in [6.45, 7) is 5.50. The molecule has 0 bridgehead atoms. The van der Waals surface area contributed by atoms with Crippen molar-refractivity contribution in [2.24, 2.45) is 0 Å². The maximum Gasteiger partial charge on any atom is 0.131 e. The molecule has 162 valence electrons. The van der Waals surface area contributed by atoms with Crippen LogP contribution in [-0.4, -0.2) is 15.3 Å². The number of benzene rings is 4. The molecule has 0 amide bonds. The Bertz CT molecular complexity index is 1230. The van der Waals surface area contributed by atoms with E-state index in [2.05, 4.69) is 0 Å². The van der Waals surface area contributed by atoms with E-state index in [1.54, 1.807) is 30.3 Å². The van der Waals surface area contributed by atoms with Crippen molar-refractivity contribution in [2.75, 3.05) is 4.90 Å². The molecule has 5 nitrogen and oxygen atoms in total. The highest BCUT2D eigenvalue weighted by Gasteiger charge is 2.16. The van der Waals surface area contributed by atoms with Crippen LogP contribution < -0.4 is 9.64 Å². The van der Waals surface area contributed by atoms with Gasteiger partial charge in [-0.1, -0.05) is 24.3 Å². The van der Waals surface area contributed by atoms with Crippen LogP contribution in [0.3, 0.4) is 0 Å². The number of hydrogen-bond acceptors (Lipinski definition) is 5. The number of nitrogens with zero attached hydrogens (tertiary/aromatic N) is 1. The molecule has 0 unspecified atom stereocenters. The summed E-state index contributed by atoms with van der Waals surface area (Å²) in [5, 5.41) is 30.6. The summed E-state index contributed by atoms with van der Waals surface area (Å²) in [5.41, 5.74) is 4.58. The van der Waals surface area contributed by atoms with E-state index in [-0.39, 0.29) is 17.2 Å². The number of ether oxygens (including phenoxy) is 1. The summed E-state index contributed by atoms with van der Waals surface area (Å²) in [7, 11) is 0. The summed E-state index contributed by atoms with van der Waals surface area (Å²) in [4.78, 5) is 1.93. The molecule has 0 aromatic heterocycles. The van der Waals surface area contributed by atoms with Crippen LogP contribution in [0, 0.1) is 20.8 Å². The Kier molecular flexibility index (Phi) is 5.65. The van der Waals surface area contributed by atoms with Crippen LogP contribution in [0.1, 0.15) is 16.7 Å². The molecule has 0 aliphatic carbocycles. The molecule has 4 aromatic carbocycles. The molecule has 0 spiro atoms. The number of phenols is 3. The van der Waals surface area contributed by atoms with E-state index in [9.17, 15) is 15.3 Å². The molecule has 0 fully saturated rings. The number of anilines is 3. The number of phenolic OH excluding ortho intramolecular Hbond substituents is 3. The lowest BCUT2D eigenvalue weighted by Crippen LogP contribution is -2.10. The molecule has 0 atom stereocenters. The van der Waals surface area contributed by atoms with Crippen molar-refractivity contribution in [1.82, 2.24) is 0 Å². The monoisotopic (exact) mass is 427 g/mol. The lowest BCUT2D eigenvalue weighted by molar-refractivity contribution is 0.452. The second kappa shape index (κ2) is 8.55. The van der Waals surface area contributed by atoms with Gasteiger partial charge < -0.3 is 25.0 Å². The van der Waals surface area contributed by atoms with Crippen LogP contribution in [0.15, 0.2) is 78.9 Å². The predicted molar refractivity (Wildman–Crippen MR) is 127 cm³/mol. The first-order valence-electron chi connectivity index (χ1n) is 10.3. The fourth-order valence-corrected chi connectivity index (χ4v) is 3.40. The average molecular weight is 428 g/mol. The SMILES string of the molecule is Cc1ccc(Oc2cccc(N(c3ccc(C)c(O)c3)c3ccc(C)c(O)c3)c2)cc1O. The van der Waals surface area contributed by atoms with Gasteiger partial charge in [-0.3, -0.25) is 0 Å². The zero-order valence-corrected chi connectivity index (χ0v) is 18.2. The minimum Gasteiger partial charge on any atom is -0.508 e. The highest BCUT2D eigenvalue weighted by atomic mass is 16.5. The first-order chi connectivity index (χ1) is 15.3. The van der Waals surface area contributed by atoms with Gasteiger partial charge in [0.15, 0.2) is 0 Å². The first-order valence-corrected chi connectivity index (χ1v) is 10.3. The summed E-state index contributed by atoms with van der Waals surface area (Å²) in [6, 6.07) is 23.6. The second-order valence-corrected chi connectivity index (χ2v) is 7.82. The number of aromatic hydroxyl groups is 3. The lowest BCUT2D eigenvalue weighted by Gasteiger charge is -2.26. The maximum atomic E-state index is 10.3. The van der Waals surface area contributed by atoms with Crippen molar-refractivity contribution in [3.8, 4) is 28.7 Å². The Balaban J connectivity index is 1.78. The zero-order valence-electron chi connectivity index (χ0n) is 18.2.